The van der Waals surface area contributed by atoms with Gasteiger partial charge in [-0.2, -0.15) is 0 Å². The maximum atomic E-state index is 12.3. The van der Waals surface area contributed by atoms with Gasteiger partial charge in [-0.05, 0) is 18.2 Å². The van der Waals surface area contributed by atoms with E-state index in [9.17, 15) is 9.59 Å². The normalized spacial score (nSPS) is 9.83. The highest BCUT2D eigenvalue weighted by Gasteiger charge is 2.09. The number of carbonyl (C=O) groups excluding carboxylic acids is 2. The van der Waals surface area contributed by atoms with E-state index < -0.39 is 6.03 Å². The Labute approximate surface area is 133 Å². The molecule has 7 nitrogen and oxygen atoms in total. The molecule has 23 heavy (non-hydrogen) atoms. The molecule has 2 rings (SSSR count). The van der Waals surface area contributed by atoms with Gasteiger partial charge in [-0.1, -0.05) is 6.07 Å². The first-order valence-corrected chi connectivity index (χ1v) is 6.73. The summed E-state index contributed by atoms with van der Waals surface area (Å²) in [5, 5.41) is 5.16. The topological polar surface area (TPSA) is 103 Å². The molecule has 0 bridgehead atoms. The largest absolute Gasteiger partial charge is 0.497 e. The number of carbonyl (C=O) groups is 2. The van der Waals surface area contributed by atoms with Crippen molar-refractivity contribution in [1.29, 1.82) is 0 Å². The van der Waals surface area contributed by atoms with Crippen LogP contribution in [0.15, 0.2) is 42.5 Å². The van der Waals surface area contributed by atoms with Gasteiger partial charge in [-0.25, -0.2) is 4.79 Å². The van der Waals surface area contributed by atoms with Crippen LogP contribution in [-0.2, 0) is 0 Å². The van der Waals surface area contributed by atoms with E-state index in [0.29, 0.717) is 28.4 Å². The first kappa shape index (κ1) is 16.2. The molecule has 0 fully saturated rings. The van der Waals surface area contributed by atoms with E-state index in [0.717, 1.165) is 0 Å². The zero-order chi connectivity index (χ0) is 16.8. The summed E-state index contributed by atoms with van der Waals surface area (Å²) in [5.41, 5.74) is 6.40. The van der Waals surface area contributed by atoms with Crippen molar-refractivity contribution in [3.63, 3.8) is 0 Å². The number of ether oxygens (including phenoxy) is 2. The molecule has 3 amide bonds. The third-order valence-electron chi connectivity index (χ3n) is 3.00. The van der Waals surface area contributed by atoms with E-state index in [4.69, 9.17) is 15.2 Å². The maximum absolute atomic E-state index is 12.3. The molecule has 0 saturated heterocycles. The number of hydrogen-bond donors (Lipinski definition) is 3. The number of anilines is 2. The minimum atomic E-state index is -0.694. The molecule has 0 heterocycles. The zero-order valence-corrected chi connectivity index (χ0v) is 12.8. The number of hydrogen-bond acceptors (Lipinski definition) is 4. The van der Waals surface area contributed by atoms with Gasteiger partial charge in [0, 0.05) is 35.1 Å². The van der Waals surface area contributed by atoms with Crippen LogP contribution in [0.5, 0.6) is 11.5 Å². The molecule has 4 N–H and O–H groups in total. The molecule has 7 heteroatoms. The fourth-order valence-corrected chi connectivity index (χ4v) is 1.96. The second kappa shape index (κ2) is 7.17. The Balaban J connectivity index is 2.20. The van der Waals surface area contributed by atoms with E-state index in [1.165, 1.54) is 20.3 Å². The van der Waals surface area contributed by atoms with Gasteiger partial charge < -0.3 is 25.8 Å². The van der Waals surface area contributed by atoms with Crippen molar-refractivity contribution in [2.75, 3.05) is 24.9 Å². The molecule has 0 aliphatic rings. The molecule has 0 aromatic heterocycles. The average molecular weight is 315 g/mol. The Kier molecular flexibility index (Phi) is 5.03. The minimum absolute atomic E-state index is 0.339. The standard InChI is InChI=1S/C16H17N3O4/c1-22-13-7-12(8-14(9-13)23-2)18-15(20)10-4-3-5-11(6-10)19-16(17)21/h3-9H,1-2H3,(H,18,20)(H3,17,19,21). The Hall–Kier alpha value is -3.22. The highest BCUT2D eigenvalue weighted by Crippen LogP contribution is 2.26. The van der Waals surface area contributed by atoms with Crippen LogP contribution in [0, 0.1) is 0 Å². The van der Waals surface area contributed by atoms with Crippen LogP contribution in [0.4, 0.5) is 16.2 Å². The van der Waals surface area contributed by atoms with Crippen molar-refractivity contribution in [3.05, 3.63) is 48.0 Å². The molecule has 0 saturated carbocycles. The van der Waals surface area contributed by atoms with Gasteiger partial charge in [-0.3, -0.25) is 4.79 Å². The predicted molar refractivity (Wildman–Crippen MR) is 87.1 cm³/mol. The zero-order valence-electron chi connectivity index (χ0n) is 12.8. The molecule has 2 aromatic carbocycles. The van der Waals surface area contributed by atoms with Gasteiger partial charge in [0.2, 0.25) is 0 Å². The second-order valence-corrected chi connectivity index (χ2v) is 4.63. The van der Waals surface area contributed by atoms with E-state index in [-0.39, 0.29) is 5.91 Å². The summed E-state index contributed by atoms with van der Waals surface area (Å²) in [6.45, 7) is 0. The van der Waals surface area contributed by atoms with E-state index >= 15 is 0 Å². The minimum Gasteiger partial charge on any atom is -0.497 e. The van der Waals surface area contributed by atoms with Crippen LogP contribution in [-0.4, -0.2) is 26.2 Å². The average Bonchev–Trinajstić information content (AvgIpc) is 2.54. The van der Waals surface area contributed by atoms with Crippen molar-refractivity contribution >= 4 is 23.3 Å². The Bertz CT molecular complexity index is 709. The molecule has 0 spiro atoms. The van der Waals surface area contributed by atoms with Gasteiger partial charge in [-0.15, -0.1) is 0 Å². The Morgan fingerprint density at radius 3 is 2.13 bits per heavy atom. The third kappa shape index (κ3) is 4.37. The van der Waals surface area contributed by atoms with Crippen molar-refractivity contribution in [2.24, 2.45) is 5.73 Å². The molecular weight excluding hydrogens is 298 g/mol. The lowest BCUT2D eigenvalue weighted by atomic mass is 10.1. The van der Waals surface area contributed by atoms with E-state index in [1.54, 1.807) is 36.4 Å². The summed E-state index contributed by atoms with van der Waals surface area (Å²) in [6, 6.07) is 10.8. The summed E-state index contributed by atoms with van der Waals surface area (Å²) >= 11 is 0. The molecule has 120 valence electrons. The number of nitrogens with one attached hydrogen (secondary N) is 2. The Morgan fingerprint density at radius 1 is 0.913 bits per heavy atom. The predicted octanol–water partition coefficient (Wildman–Crippen LogP) is 2.45. The lowest BCUT2D eigenvalue weighted by Crippen LogP contribution is -2.19. The lowest BCUT2D eigenvalue weighted by Gasteiger charge is -2.10. The van der Waals surface area contributed by atoms with Gasteiger partial charge >= 0.3 is 6.03 Å². The first-order chi connectivity index (χ1) is 11.0. The van der Waals surface area contributed by atoms with Crippen molar-refractivity contribution in [2.45, 2.75) is 0 Å². The van der Waals surface area contributed by atoms with Gasteiger partial charge in [0.05, 0.1) is 14.2 Å². The van der Waals surface area contributed by atoms with Crippen molar-refractivity contribution < 1.29 is 19.1 Å². The number of rotatable bonds is 5. The molecular formula is C16H17N3O4. The van der Waals surface area contributed by atoms with Gasteiger partial charge in [0.15, 0.2) is 0 Å². The quantitative estimate of drug-likeness (QED) is 0.788. The number of urea groups is 1. The van der Waals surface area contributed by atoms with Crippen LogP contribution >= 0.6 is 0 Å². The second-order valence-electron chi connectivity index (χ2n) is 4.63. The fraction of sp³-hybridized carbons (Fsp3) is 0.125. The van der Waals surface area contributed by atoms with Crippen molar-refractivity contribution in [1.82, 2.24) is 0 Å². The molecule has 0 unspecified atom stereocenters. The van der Waals surface area contributed by atoms with Gasteiger partial charge in [0.1, 0.15) is 11.5 Å². The molecule has 2 aromatic rings. The van der Waals surface area contributed by atoms with Crippen LogP contribution in [0.2, 0.25) is 0 Å². The number of primary amides is 1. The summed E-state index contributed by atoms with van der Waals surface area (Å²) in [6.07, 6.45) is 0. The number of methoxy groups -OCH3 is 2. The molecule has 0 radical (unpaired) electrons. The first-order valence-electron chi connectivity index (χ1n) is 6.73. The fourth-order valence-electron chi connectivity index (χ4n) is 1.96. The summed E-state index contributed by atoms with van der Waals surface area (Å²) in [5.74, 6) is 0.779. The van der Waals surface area contributed by atoms with E-state index in [2.05, 4.69) is 10.6 Å². The van der Waals surface area contributed by atoms with Crippen LogP contribution in [0.1, 0.15) is 10.4 Å². The number of nitrogens with two attached hydrogens (primary N) is 1. The monoisotopic (exact) mass is 315 g/mol. The molecule has 0 atom stereocenters. The van der Waals surface area contributed by atoms with Crippen molar-refractivity contribution in [3.8, 4) is 11.5 Å². The van der Waals surface area contributed by atoms with Crippen LogP contribution in [0.25, 0.3) is 0 Å². The molecule has 0 aliphatic carbocycles. The molecule has 0 aliphatic heterocycles. The Morgan fingerprint density at radius 2 is 1.57 bits per heavy atom. The smallest absolute Gasteiger partial charge is 0.316 e. The van der Waals surface area contributed by atoms with E-state index in [1.807, 2.05) is 0 Å². The third-order valence-corrected chi connectivity index (χ3v) is 3.00. The van der Waals surface area contributed by atoms with Crippen LogP contribution < -0.4 is 25.8 Å². The number of amides is 3. The summed E-state index contributed by atoms with van der Waals surface area (Å²) in [4.78, 5) is 23.2. The van der Waals surface area contributed by atoms with Crippen LogP contribution in [0.3, 0.4) is 0 Å². The van der Waals surface area contributed by atoms with Gasteiger partial charge in [0.25, 0.3) is 5.91 Å². The SMILES string of the molecule is COc1cc(NC(=O)c2cccc(NC(N)=O)c2)cc(OC)c1. The highest BCUT2D eigenvalue weighted by atomic mass is 16.5. The highest BCUT2D eigenvalue weighted by molar-refractivity contribution is 6.05. The summed E-state index contributed by atoms with van der Waals surface area (Å²) < 4.78 is 10.3. The summed E-state index contributed by atoms with van der Waals surface area (Å²) in [7, 11) is 3.05. The lowest BCUT2D eigenvalue weighted by molar-refractivity contribution is 0.102. The number of benzene rings is 2. The maximum Gasteiger partial charge on any atom is 0.316 e.